The fourth-order valence-corrected chi connectivity index (χ4v) is 3.63. The monoisotopic (exact) mass is 409 g/mol. The Morgan fingerprint density at radius 2 is 1.67 bits per heavy atom. The number of nitrogens with one attached hydrogen (secondary N) is 1. The molecular weight excluding hydrogens is 378 g/mol. The highest BCUT2D eigenvalue weighted by Gasteiger charge is 2.17. The number of carbonyl (C=O) groups is 2. The zero-order valence-corrected chi connectivity index (χ0v) is 17.9. The van der Waals surface area contributed by atoms with E-state index in [0.717, 1.165) is 37.5 Å². The molecule has 0 saturated carbocycles. The number of anilines is 1. The fourth-order valence-electron chi connectivity index (χ4n) is 3.63. The minimum absolute atomic E-state index is 0.0225. The van der Waals surface area contributed by atoms with Crippen LogP contribution in [0.25, 0.3) is 0 Å². The number of ketones is 1. The third kappa shape index (κ3) is 6.07. The summed E-state index contributed by atoms with van der Waals surface area (Å²) in [6.07, 6.45) is 1.24. The highest BCUT2D eigenvalue weighted by molar-refractivity contribution is 5.96. The number of carbonyl (C=O) groups excluding carboxylic acids is 2. The highest BCUT2D eigenvalue weighted by Crippen LogP contribution is 2.21. The Balaban J connectivity index is 1.44. The van der Waals surface area contributed by atoms with Crippen LogP contribution >= 0.6 is 0 Å². The topological polar surface area (TPSA) is 61.9 Å². The van der Waals surface area contributed by atoms with Crippen molar-refractivity contribution in [2.24, 2.45) is 0 Å². The van der Waals surface area contributed by atoms with Crippen LogP contribution in [0.2, 0.25) is 0 Å². The summed E-state index contributed by atoms with van der Waals surface area (Å²) in [6.45, 7) is 4.59. The largest absolute Gasteiger partial charge is 0.497 e. The first-order valence-electron chi connectivity index (χ1n) is 10.5. The Morgan fingerprint density at radius 1 is 0.967 bits per heavy atom. The van der Waals surface area contributed by atoms with Crippen LogP contribution in [0.1, 0.15) is 35.2 Å². The van der Waals surface area contributed by atoms with Gasteiger partial charge in [0.15, 0.2) is 5.78 Å². The molecule has 0 spiro atoms. The molecule has 160 valence electrons. The van der Waals surface area contributed by atoms with E-state index >= 15 is 0 Å². The second-order valence-electron chi connectivity index (χ2n) is 7.70. The molecule has 2 aromatic carbocycles. The van der Waals surface area contributed by atoms with Gasteiger partial charge in [0, 0.05) is 56.8 Å². The second kappa shape index (κ2) is 10.8. The van der Waals surface area contributed by atoms with E-state index in [2.05, 4.69) is 34.3 Å². The molecule has 1 aliphatic heterocycles. The minimum Gasteiger partial charge on any atom is -0.497 e. The third-order valence-electron chi connectivity index (χ3n) is 5.53. The number of para-hydroxylation sites is 1. The van der Waals surface area contributed by atoms with Gasteiger partial charge in [0.2, 0.25) is 5.91 Å². The quantitative estimate of drug-likeness (QED) is 0.645. The average molecular weight is 410 g/mol. The molecule has 1 saturated heterocycles. The first-order chi connectivity index (χ1) is 14.6. The summed E-state index contributed by atoms with van der Waals surface area (Å²) in [7, 11) is 3.74. The van der Waals surface area contributed by atoms with Gasteiger partial charge in [-0.2, -0.15) is 0 Å². The zero-order valence-electron chi connectivity index (χ0n) is 17.9. The van der Waals surface area contributed by atoms with Crippen LogP contribution in [0.3, 0.4) is 0 Å². The van der Waals surface area contributed by atoms with Crippen molar-refractivity contribution in [1.82, 2.24) is 10.2 Å². The average Bonchev–Trinajstić information content (AvgIpc) is 2.78. The van der Waals surface area contributed by atoms with Crippen molar-refractivity contribution < 1.29 is 14.3 Å². The Morgan fingerprint density at radius 3 is 2.37 bits per heavy atom. The lowest BCUT2D eigenvalue weighted by molar-refractivity contribution is -0.121. The Kier molecular flexibility index (Phi) is 7.85. The van der Waals surface area contributed by atoms with Crippen LogP contribution in [0.4, 0.5) is 5.69 Å². The lowest BCUT2D eigenvalue weighted by atomic mass is 10.1. The third-order valence-corrected chi connectivity index (χ3v) is 5.53. The van der Waals surface area contributed by atoms with Crippen molar-refractivity contribution in [3.8, 4) is 5.75 Å². The number of Topliss-reactive ketones (excluding diaryl/α,β-unsaturated/α-hetero) is 1. The molecule has 2 aromatic rings. The van der Waals surface area contributed by atoms with Crippen molar-refractivity contribution >= 4 is 17.4 Å². The van der Waals surface area contributed by atoms with E-state index in [-0.39, 0.29) is 11.7 Å². The summed E-state index contributed by atoms with van der Waals surface area (Å²) >= 11 is 0. The standard InChI is InChI=1S/C24H31N3O3/c1-26-14-16-27(17-15-26)22-7-4-3-6-20(22)18-25-24(29)9-5-8-23(28)19-10-12-21(30-2)13-11-19/h3-4,6-7,10-13H,5,8-9,14-18H2,1-2H3,(H,25,29). The summed E-state index contributed by atoms with van der Waals surface area (Å²) in [6, 6.07) is 15.3. The summed E-state index contributed by atoms with van der Waals surface area (Å²) in [5.41, 5.74) is 2.97. The number of nitrogens with zero attached hydrogens (tertiary/aromatic N) is 2. The summed E-state index contributed by atoms with van der Waals surface area (Å²) in [5.74, 6) is 0.749. The summed E-state index contributed by atoms with van der Waals surface area (Å²) in [4.78, 5) is 29.3. The molecule has 0 atom stereocenters. The molecule has 1 amide bonds. The van der Waals surface area contributed by atoms with Crippen LogP contribution in [0, 0.1) is 0 Å². The number of amides is 1. The van der Waals surface area contributed by atoms with Crippen molar-refractivity contribution in [1.29, 1.82) is 0 Å². The Labute approximate surface area is 178 Å². The Bertz CT molecular complexity index is 843. The molecular formula is C24H31N3O3. The van der Waals surface area contributed by atoms with Crippen molar-refractivity contribution in [3.63, 3.8) is 0 Å². The molecule has 1 N–H and O–H groups in total. The first-order valence-corrected chi connectivity index (χ1v) is 10.5. The molecule has 1 heterocycles. The molecule has 0 aliphatic carbocycles. The number of hydrogen-bond donors (Lipinski definition) is 1. The van der Waals surface area contributed by atoms with Gasteiger partial charge >= 0.3 is 0 Å². The molecule has 0 unspecified atom stereocenters. The Hall–Kier alpha value is -2.86. The normalized spacial score (nSPS) is 14.4. The molecule has 3 rings (SSSR count). The number of hydrogen-bond acceptors (Lipinski definition) is 5. The van der Waals surface area contributed by atoms with Gasteiger partial charge in [0.05, 0.1) is 7.11 Å². The van der Waals surface area contributed by atoms with Gasteiger partial charge in [0.25, 0.3) is 0 Å². The number of piperazine rings is 1. The van der Waals surface area contributed by atoms with E-state index in [4.69, 9.17) is 4.74 Å². The van der Waals surface area contributed by atoms with E-state index < -0.39 is 0 Å². The van der Waals surface area contributed by atoms with Gasteiger partial charge in [-0.15, -0.1) is 0 Å². The van der Waals surface area contributed by atoms with Gasteiger partial charge in [-0.25, -0.2) is 0 Å². The van der Waals surface area contributed by atoms with Gasteiger partial charge in [0.1, 0.15) is 5.75 Å². The van der Waals surface area contributed by atoms with Crippen molar-refractivity contribution in [2.75, 3.05) is 45.2 Å². The summed E-state index contributed by atoms with van der Waals surface area (Å²) < 4.78 is 5.11. The molecule has 1 aliphatic rings. The molecule has 0 bridgehead atoms. The maximum atomic E-state index is 12.3. The van der Waals surface area contributed by atoms with Crippen LogP contribution in [-0.2, 0) is 11.3 Å². The molecule has 0 radical (unpaired) electrons. The molecule has 1 fully saturated rings. The van der Waals surface area contributed by atoms with Crippen molar-refractivity contribution in [2.45, 2.75) is 25.8 Å². The minimum atomic E-state index is -0.0225. The van der Waals surface area contributed by atoms with Crippen LogP contribution in [0.5, 0.6) is 5.75 Å². The van der Waals surface area contributed by atoms with Crippen LogP contribution in [-0.4, -0.2) is 56.9 Å². The lowest BCUT2D eigenvalue weighted by Crippen LogP contribution is -2.45. The maximum absolute atomic E-state index is 12.3. The van der Waals surface area contributed by atoms with E-state index in [1.807, 2.05) is 12.1 Å². The first kappa shape index (κ1) is 21.8. The van der Waals surface area contributed by atoms with Gasteiger partial charge in [-0.05, 0) is 49.4 Å². The lowest BCUT2D eigenvalue weighted by Gasteiger charge is -2.35. The number of methoxy groups -OCH3 is 1. The predicted octanol–water partition coefficient (Wildman–Crippen LogP) is 3.12. The molecule has 6 heteroatoms. The molecule has 6 nitrogen and oxygen atoms in total. The van der Waals surface area contributed by atoms with Crippen LogP contribution in [0.15, 0.2) is 48.5 Å². The number of rotatable bonds is 9. The summed E-state index contributed by atoms with van der Waals surface area (Å²) in [5, 5.41) is 3.01. The van der Waals surface area contributed by atoms with E-state index in [1.54, 1.807) is 31.4 Å². The predicted molar refractivity (Wildman–Crippen MR) is 119 cm³/mol. The highest BCUT2D eigenvalue weighted by atomic mass is 16.5. The van der Waals surface area contributed by atoms with Gasteiger partial charge in [-0.3, -0.25) is 9.59 Å². The second-order valence-corrected chi connectivity index (χ2v) is 7.70. The molecule has 0 aromatic heterocycles. The number of benzene rings is 2. The zero-order chi connectivity index (χ0) is 21.3. The maximum Gasteiger partial charge on any atom is 0.220 e. The van der Waals surface area contributed by atoms with Gasteiger partial charge in [-0.1, -0.05) is 18.2 Å². The smallest absolute Gasteiger partial charge is 0.220 e. The van der Waals surface area contributed by atoms with E-state index in [9.17, 15) is 9.59 Å². The van der Waals surface area contributed by atoms with E-state index in [0.29, 0.717) is 31.4 Å². The number of likely N-dealkylation sites (N-methyl/N-ethyl adjacent to an activating group) is 1. The van der Waals surface area contributed by atoms with Crippen LogP contribution < -0.4 is 15.0 Å². The van der Waals surface area contributed by atoms with Gasteiger partial charge < -0.3 is 19.9 Å². The molecule has 30 heavy (non-hydrogen) atoms. The SMILES string of the molecule is COc1ccc(C(=O)CCCC(=O)NCc2ccccc2N2CCN(C)CC2)cc1. The number of ether oxygens (including phenoxy) is 1. The van der Waals surface area contributed by atoms with Crippen molar-refractivity contribution in [3.05, 3.63) is 59.7 Å². The van der Waals surface area contributed by atoms with E-state index in [1.165, 1.54) is 5.69 Å². The fraction of sp³-hybridized carbons (Fsp3) is 0.417.